The number of pyridine rings is 1. The van der Waals surface area contributed by atoms with Crippen molar-refractivity contribution in [3.63, 3.8) is 0 Å². The van der Waals surface area contributed by atoms with Gasteiger partial charge >= 0.3 is 0 Å². The Labute approximate surface area is 363 Å². The van der Waals surface area contributed by atoms with E-state index in [1.807, 2.05) is 48.5 Å². The van der Waals surface area contributed by atoms with Crippen LogP contribution in [0.2, 0.25) is 0 Å². The van der Waals surface area contributed by atoms with E-state index < -0.39 is 0 Å². The van der Waals surface area contributed by atoms with Gasteiger partial charge in [0, 0.05) is 60.3 Å². The second-order valence-corrected chi connectivity index (χ2v) is 15.7. The second-order valence-electron chi connectivity index (χ2n) is 15.7. The first-order chi connectivity index (χ1) is 31.2. The molecule has 3 heterocycles. The molecular weight excluding hydrogens is 769 g/mol. The normalized spacial score (nSPS) is 11.5. The predicted molar refractivity (Wildman–Crippen MR) is 258 cm³/mol. The van der Waals surface area contributed by atoms with Gasteiger partial charge in [0.15, 0.2) is 17.5 Å². The number of furan rings is 1. The fourth-order valence-electron chi connectivity index (χ4n) is 8.91. The van der Waals surface area contributed by atoms with Gasteiger partial charge < -0.3 is 4.42 Å². The number of fused-ring (bicyclic) bond motifs is 6. The van der Waals surface area contributed by atoms with Gasteiger partial charge in [-0.05, 0) is 28.3 Å². The Kier molecular flexibility index (Phi) is 8.75. The smallest absolute Gasteiger partial charge is 0.164 e. The number of aromatic nitrogens is 4. The average Bonchev–Trinajstić information content (AvgIpc) is 3.76. The molecule has 5 nitrogen and oxygen atoms in total. The van der Waals surface area contributed by atoms with Crippen LogP contribution in [0, 0.1) is 0 Å². The van der Waals surface area contributed by atoms with E-state index in [0.717, 1.165) is 88.4 Å². The summed E-state index contributed by atoms with van der Waals surface area (Å²) in [7, 11) is 0. The molecule has 0 saturated heterocycles. The molecule has 0 bridgehead atoms. The molecule has 12 rings (SSSR count). The van der Waals surface area contributed by atoms with Gasteiger partial charge in [-0.15, -0.1) is 0 Å². The first-order valence-corrected chi connectivity index (χ1v) is 21.1. The summed E-state index contributed by atoms with van der Waals surface area (Å²) in [5.74, 6) is 1.82. The van der Waals surface area contributed by atoms with Crippen molar-refractivity contribution in [3.05, 3.63) is 218 Å². The SMILES string of the molecule is c1ccc(-c2nc(-c3ccc(-c4cccc5c4nc(-c4ccccc4)c4cccc(-c6ccccc6)c45)cc3)nc(-c3ccc(-c4cccc5c4oc4ccccc45)cc3)n2)cc1. The zero-order valence-electron chi connectivity index (χ0n) is 34.0. The number of hydrogen-bond donors (Lipinski definition) is 0. The van der Waals surface area contributed by atoms with Crippen molar-refractivity contribution in [1.82, 2.24) is 19.9 Å². The lowest BCUT2D eigenvalue weighted by atomic mass is 9.91. The summed E-state index contributed by atoms with van der Waals surface area (Å²) in [5, 5.41) is 5.65. The van der Waals surface area contributed by atoms with Crippen LogP contribution in [0.4, 0.5) is 0 Å². The Hall–Kier alpha value is -8.54. The van der Waals surface area contributed by atoms with Gasteiger partial charge in [-0.25, -0.2) is 19.9 Å². The quantitative estimate of drug-likeness (QED) is 0.150. The Bertz CT molecular complexity index is 3640. The van der Waals surface area contributed by atoms with Crippen molar-refractivity contribution in [2.24, 2.45) is 0 Å². The Morgan fingerprint density at radius 2 is 0.698 bits per heavy atom. The van der Waals surface area contributed by atoms with E-state index >= 15 is 0 Å². The Balaban J connectivity index is 0.958. The van der Waals surface area contributed by atoms with Crippen LogP contribution in [0.5, 0.6) is 0 Å². The van der Waals surface area contributed by atoms with Crippen LogP contribution in [0.15, 0.2) is 223 Å². The summed E-state index contributed by atoms with van der Waals surface area (Å²) >= 11 is 0. The molecular formula is C58H36N4O. The van der Waals surface area contributed by atoms with Crippen molar-refractivity contribution in [1.29, 1.82) is 0 Å². The van der Waals surface area contributed by atoms with Gasteiger partial charge in [0.05, 0.1) is 11.2 Å². The fraction of sp³-hybridized carbons (Fsp3) is 0. The summed E-state index contributed by atoms with van der Waals surface area (Å²) < 4.78 is 6.37. The molecule has 0 unspecified atom stereocenters. The van der Waals surface area contributed by atoms with E-state index in [1.165, 1.54) is 16.5 Å². The summed E-state index contributed by atoms with van der Waals surface area (Å²) in [4.78, 5) is 20.6. The molecule has 9 aromatic carbocycles. The van der Waals surface area contributed by atoms with E-state index in [-0.39, 0.29) is 0 Å². The summed E-state index contributed by atoms with van der Waals surface area (Å²) in [6, 6.07) is 75.7. The third kappa shape index (κ3) is 6.42. The molecule has 63 heavy (non-hydrogen) atoms. The highest BCUT2D eigenvalue weighted by Gasteiger charge is 2.19. The average molecular weight is 805 g/mol. The molecule has 0 saturated carbocycles. The molecule has 3 aromatic heterocycles. The zero-order valence-corrected chi connectivity index (χ0v) is 34.0. The minimum absolute atomic E-state index is 0.599. The molecule has 0 spiro atoms. The summed E-state index contributed by atoms with van der Waals surface area (Å²) in [6.45, 7) is 0. The summed E-state index contributed by atoms with van der Waals surface area (Å²) in [5.41, 5.74) is 14.0. The molecule has 294 valence electrons. The highest BCUT2D eigenvalue weighted by Crippen LogP contribution is 2.42. The van der Waals surface area contributed by atoms with Gasteiger partial charge in [0.2, 0.25) is 0 Å². The summed E-state index contributed by atoms with van der Waals surface area (Å²) in [6.07, 6.45) is 0. The number of nitrogens with zero attached hydrogens (tertiary/aromatic N) is 4. The minimum Gasteiger partial charge on any atom is -0.455 e. The third-order valence-corrected chi connectivity index (χ3v) is 12.0. The first kappa shape index (κ1) is 36.3. The Morgan fingerprint density at radius 3 is 1.33 bits per heavy atom. The second kappa shape index (κ2) is 15.2. The fourth-order valence-corrected chi connectivity index (χ4v) is 8.91. The van der Waals surface area contributed by atoms with Crippen molar-refractivity contribution in [3.8, 4) is 78.8 Å². The molecule has 0 aliphatic heterocycles. The van der Waals surface area contributed by atoms with E-state index in [1.54, 1.807) is 0 Å². The van der Waals surface area contributed by atoms with Gasteiger partial charge in [0.25, 0.3) is 0 Å². The van der Waals surface area contributed by atoms with Crippen LogP contribution >= 0.6 is 0 Å². The van der Waals surface area contributed by atoms with Gasteiger partial charge in [-0.1, -0.05) is 212 Å². The largest absolute Gasteiger partial charge is 0.455 e. The Morgan fingerprint density at radius 1 is 0.270 bits per heavy atom. The lowest BCUT2D eigenvalue weighted by Gasteiger charge is -2.16. The topological polar surface area (TPSA) is 64.7 Å². The molecule has 0 amide bonds. The van der Waals surface area contributed by atoms with Gasteiger partial charge in [-0.3, -0.25) is 0 Å². The standard InChI is InChI=1S/C58H36N4O/c1-4-15-37(16-5-1)44-22-12-26-49-52(44)50-27-13-23-45(54(50)59-53(49)40-17-6-2-7-18-40)38-29-33-42(34-30-38)57-60-56(41-19-8-3-9-20-41)61-58(62-57)43-35-31-39(32-36-43)46-24-14-25-48-47-21-10-11-28-51(47)63-55(46)48/h1-36H. The molecule has 0 aliphatic rings. The van der Waals surface area contributed by atoms with E-state index in [4.69, 9.17) is 24.4 Å². The van der Waals surface area contributed by atoms with Crippen LogP contribution in [-0.2, 0) is 0 Å². The van der Waals surface area contributed by atoms with Crippen LogP contribution in [0.25, 0.3) is 122 Å². The number of rotatable bonds is 7. The van der Waals surface area contributed by atoms with Crippen LogP contribution in [-0.4, -0.2) is 19.9 Å². The van der Waals surface area contributed by atoms with Gasteiger partial charge in [0.1, 0.15) is 11.2 Å². The first-order valence-electron chi connectivity index (χ1n) is 21.1. The van der Waals surface area contributed by atoms with Crippen molar-refractivity contribution >= 4 is 43.6 Å². The van der Waals surface area contributed by atoms with Crippen molar-refractivity contribution in [2.45, 2.75) is 0 Å². The molecule has 0 aliphatic carbocycles. The predicted octanol–water partition coefficient (Wildman–Crippen LogP) is 15.1. The number of para-hydroxylation sites is 3. The monoisotopic (exact) mass is 804 g/mol. The van der Waals surface area contributed by atoms with E-state index in [0.29, 0.717) is 17.5 Å². The van der Waals surface area contributed by atoms with E-state index in [9.17, 15) is 0 Å². The molecule has 0 radical (unpaired) electrons. The van der Waals surface area contributed by atoms with Crippen LogP contribution < -0.4 is 0 Å². The number of benzene rings is 9. The molecule has 0 atom stereocenters. The maximum Gasteiger partial charge on any atom is 0.164 e. The minimum atomic E-state index is 0.599. The molecule has 12 aromatic rings. The van der Waals surface area contributed by atoms with Gasteiger partial charge in [-0.2, -0.15) is 0 Å². The van der Waals surface area contributed by atoms with Crippen molar-refractivity contribution < 1.29 is 4.42 Å². The molecule has 5 heteroatoms. The highest BCUT2D eigenvalue weighted by molar-refractivity contribution is 6.19. The molecule has 0 N–H and O–H groups in total. The van der Waals surface area contributed by atoms with Crippen LogP contribution in [0.3, 0.4) is 0 Å². The van der Waals surface area contributed by atoms with E-state index in [2.05, 4.69) is 170 Å². The maximum atomic E-state index is 6.37. The van der Waals surface area contributed by atoms with Crippen molar-refractivity contribution in [2.75, 3.05) is 0 Å². The third-order valence-electron chi connectivity index (χ3n) is 12.0. The zero-order chi connectivity index (χ0) is 41.7. The highest BCUT2D eigenvalue weighted by atomic mass is 16.3. The molecule has 0 fully saturated rings. The number of hydrogen-bond acceptors (Lipinski definition) is 5. The maximum absolute atomic E-state index is 6.37. The lowest BCUT2D eigenvalue weighted by molar-refractivity contribution is 0.670. The lowest BCUT2D eigenvalue weighted by Crippen LogP contribution is -2.00. The van der Waals surface area contributed by atoms with Crippen LogP contribution in [0.1, 0.15) is 0 Å².